The van der Waals surface area contributed by atoms with Gasteiger partial charge >= 0.3 is 0 Å². The normalized spacial score (nSPS) is 12.1. The van der Waals surface area contributed by atoms with E-state index in [1.165, 1.54) is 0 Å². The lowest BCUT2D eigenvalue weighted by molar-refractivity contribution is 0.396. The molecule has 2 aromatic rings. The standard InChI is InChI=1S/C15H17NO2/c1-11(13-7-3-4-8-14(13)17)10-12-6-5-9-15(16-12)18-2/h3-9,11,17H,10H2,1-2H3. The van der Waals surface area contributed by atoms with E-state index in [0.717, 1.165) is 17.7 Å². The Morgan fingerprint density at radius 1 is 1.17 bits per heavy atom. The van der Waals surface area contributed by atoms with Gasteiger partial charge in [0.1, 0.15) is 5.75 Å². The van der Waals surface area contributed by atoms with Gasteiger partial charge in [0.25, 0.3) is 0 Å². The zero-order valence-corrected chi connectivity index (χ0v) is 10.6. The lowest BCUT2D eigenvalue weighted by atomic mass is 9.95. The molecule has 0 spiro atoms. The van der Waals surface area contributed by atoms with Crippen molar-refractivity contribution in [3.05, 3.63) is 53.7 Å². The number of benzene rings is 1. The smallest absolute Gasteiger partial charge is 0.213 e. The van der Waals surface area contributed by atoms with E-state index in [0.29, 0.717) is 11.6 Å². The summed E-state index contributed by atoms with van der Waals surface area (Å²) < 4.78 is 5.11. The van der Waals surface area contributed by atoms with Crippen molar-refractivity contribution in [1.82, 2.24) is 4.98 Å². The van der Waals surface area contributed by atoms with Crippen molar-refractivity contribution >= 4 is 0 Å². The van der Waals surface area contributed by atoms with Crippen LogP contribution in [0.5, 0.6) is 11.6 Å². The molecule has 0 aliphatic rings. The molecule has 0 aliphatic carbocycles. The van der Waals surface area contributed by atoms with Gasteiger partial charge in [0.15, 0.2) is 0 Å². The Kier molecular flexibility index (Phi) is 3.82. The molecule has 2 rings (SSSR count). The van der Waals surface area contributed by atoms with Crippen LogP contribution in [0, 0.1) is 0 Å². The molecule has 0 amide bonds. The minimum atomic E-state index is 0.214. The van der Waals surface area contributed by atoms with E-state index in [1.807, 2.05) is 36.4 Å². The van der Waals surface area contributed by atoms with Gasteiger partial charge in [-0.2, -0.15) is 0 Å². The van der Waals surface area contributed by atoms with Crippen LogP contribution >= 0.6 is 0 Å². The SMILES string of the molecule is COc1cccc(CC(C)c2ccccc2O)n1. The van der Waals surface area contributed by atoms with Crippen LogP contribution < -0.4 is 4.74 Å². The van der Waals surface area contributed by atoms with E-state index >= 15 is 0 Å². The van der Waals surface area contributed by atoms with Crippen molar-refractivity contribution in [3.8, 4) is 11.6 Å². The Morgan fingerprint density at radius 3 is 2.67 bits per heavy atom. The molecule has 18 heavy (non-hydrogen) atoms. The number of hydrogen-bond acceptors (Lipinski definition) is 3. The van der Waals surface area contributed by atoms with Crippen LogP contribution in [0.25, 0.3) is 0 Å². The molecule has 1 unspecified atom stereocenters. The van der Waals surface area contributed by atoms with Gasteiger partial charge in [0, 0.05) is 11.8 Å². The number of aromatic hydroxyl groups is 1. The number of phenols is 1. The molecule has 0 bridgehead atoms. The Hall–Kier alpha value is -2.03. The van der Waals surface area contributed by atoms with Gasteiger partial charge in [-0.15, -0.1) is 0 Å². The zero-order valence-electron chi connectivity index (χ0n) is 10.6. The number of nitrogens with zero attached hydrogens (tertiary/aromatic N) is 1. The number of rotatable bonds is 4. The summed E-state index contributed by atoms with van der Waals surface area (Å²) in [7, 11) is 1.61. The predicted octanol–water partition coefficient (Wildman–Crippen LogP) is 3.14. The molecule has 1 N–H and O–H groups in total. The molecule has 0 radical (unpaired) electrons. The molecule has 1 heterocycles. The molecule has 0 saturated heterocycles. The first-order valence-corrected chi connectivity index (χ1v) is 5.98. The highest BCUT2D eigenvalue weighted by Crippen LogP contribution is 2.27. The van der Waals surface area contributed by atoms with Gasteiger partial charge in [0.2, 0.25) is 5.88 Å². The largest absolute Gasteiger partial charge is 0.508 e. The van der Waals surface area contributed by atoms with Gasteiger partial charge in [-0.1, -0.05) is 31.2 Å². The lowest BCUT2D eigenvalue weighted by Gasteiger charge is -2.13. The van der Waals surface area contributed by atoms with E-state index < -0.39 is 0 Å². The second-order valence-electron chi connectivity index (χ2n) is 4.34. The Morgan fingerprint density at radius 2 is 1.94 bits per heavy atom. The summed E-state index contributed by atoms with van der Waals surface area (Å²) in [5, 5.41) is 9.81. The number of para-hydroxylation sites is 1. The molecular formula is C15H17NO2. The maximum atomic E-state index is 9.81. The maximum Gasteiger partial charge on any atom is 0.213 e. The molecule has 1 aromatic heterocycles. The Balaban J connectivity index is 2.16. The summed E-state index contributed by atoms with van der Waals surface area (Å²) >= 11 is 0. The predicted molar refractivity (Wildman–Crippen MR) is 71.0 cm³/mol. The van der Waals surface area contributed by atoms with Crippen molar-refractivity contribution in [1.29, 1.82) is 0 Å². The highest BCUT2D eigenvalue weighted by atomic mass is 16.5. The number of ether oxygens (including phenoxy) is 1. The van der Waals surface area contributed by atoms with E-state index in [4.69, 9.17) is 4.74 Å². The molecule has 0 fully saturated rings. The second kappa shape index (κ2) is 5.54. The number of hydrogen-bond donors (Lipinski definition) is 1. The minimum Gasteiger partial charge on any atom is -0.508 e. The summed E-state index contributed by atoms with van der Waals surface area (Å²) in [5.41, 5.74) is 1.91. The first kappa shape index (κ1) is 12.4. The average molecular weight is 243 g/mol. The van der Waals surface area contributed by atoms with Crippen LogP contribution in [-0.4, -0.2) is 17.2 Å². The van der Waals surface area contributed by atoms with Gasteiger partial charge in [-0.05, 0) is 30.0 Å². The van der Waals surface area contributed by atoms with Crippen molar-refractivity contribution in [2.45, 2.75) is 19.3 Å². The third-order valence-corrected chi connectivity index (χ3v) is 2.97. The van der Waals surface area contributed by atoms with Crippen LogP contribution in [0.4, 0.5) is 0 Å². The number of methoxy groups -OCH3 is 1. The van der Waals surface area contributed by atoms with Crippen molar-refractivity contribution in [3.63, 3.8) is 0 Å². The van der Waals surface area contributed by atoms with Crippen LogP contribution in [0.1, 0.15) is 24.1 Å². The molecule has 3 nitrogen and oxygen atoms in total. The van der Waals surface area contributed by atoms with E-state index in [1.54, 1.807) is 13.2 Å². The average Bonchev–Trinajstić information content (AvgIpc) is 2.39. The van der Waals surface area contributed by atoms with Crippen LogP contribution in [-0.2, 0) is 6.42 Å². The molecule has 0 saturated carbocycles. The monoisotopic (exact) mass is 243 g/mol. The molecule has 1 atom stereocenters. The minimum absolute atomic E-state index is 0.214. The number of pyridine rings is 1. The highest BCUT2D eigenvalue weighted by Gasteiger charge is 2.11. The van der Waals surface area contributed by atoms with Crippen LogP contribution in [0.2, 0.25) is 0 Å². The fourth-order valence-electron chi connectivity index (χ4n) is 2.01. The van der Waals surface area contributed by atoms with Gasteiger partial charge in [0.05, 0.1) is 7.11 Å². The van der Waals surface area contributed by atoms with Crippen LogP contribution in [0.3, 0.4) is 0 Å². The second-order valence-corrected chi connectivity index (χ2v) is 4.34. The highest BCUT2D eigenvalue weighted by molar-refractivity contribution is 5.35. The first-order valence-electron chi connectivity index (χ1n) is 5.98. The van der Waals surface area contributed by atoms with Crippen molar-refractivity contribution < 1.29 is 9.84 Å². The van der Waals surface area contributed by atoms with E-state index in [2.05, 4.69) is 11.9 Å². The molecule has 3 heteroatoms. The fraction of sp³-hybridized carbons (Fsp3) is 0.267. The molecular weight excluding hydrogens is 226 g/mol. The number of aromatic nitrogens is 1. The van der Waals surface area contributed by atoms with Gasteiger partial charge in [-0.3, -0.25) is 0 Å². The van der Waals surface area contributed by atoms with Gasteiger partial charge < -0.3 is 9.84 Å². The first-order chi connectivity index (χ1) is 8.70. The lowest BCUT2D eigenvalue weighted by Crippen LogP contribution is -2.01. The van der Waals surface area contributed by atoms with Gasteiger partial charge in [-0.25, -0.2) is 4.98 Å². The quantitative estimate of drug-likeness (QED) is 0.897. The third kappa shape index (κ3) is 2.80. The summed E-state index contributed by atoms with van der Waals surface area (Å²) in [4.78, 5) is 4.38. The summed E-state index contributed by atoms with van der Waals surface area (Å²) in [6.07, 6.45) is 0.773. The Labute approximate surface area is 107 Å². The van der Waals surface area contributed by atoms with E-state index in [9.17, 15) is 5.11 Å². The maximum absolute atomic E-state index is 9.81. The molecule has 0 aliphatic heterocycles. The fourth-order valence-corrected chi connectivity index (χ4v) is 2.01. The topological polar surface area (TPSA) is 42.4 Å². The van der Waals surface area contributed by atoms with Crippen molar-refractivity contribution in [2.75, 3.05) is 7.11 Å². The molecule has 94 valence electrons. The van der Waals surface area contributed by atoms with E-state index in [-0.39, 0.29) is 5.92 Å². The Bertz CT molecular complexity index is 525. The number of phenolic OH excluding ortho intramolecular Hbond substituents is 1. The summed E-state index contributed by atoms with van der Waals surface area (Å²) in [5.74, 6) is 1.18. The summed E-state index contributed by atoms with van der Waals surface area (Å²) in [6.45, 7) is 2.08. The zero-order chi connectivity index (χ0) is 13.0. The third-order valence-electron chi connectivity index (χ3n) is 2.97. The van der Waals surface area contributed by atoms with Crippen molar-refractivity contribution in [2.24, 2.45) is 0 Å². The molecule has 1 aromatic carbocycles. The summed E-state index contributed by atoms with van der Waals surface area (Å²) in [6, 6.07) is 13.1. The van der Waals surface area contributed by atoms with Crippen LogP contribution in [0.15, 0.2) is 42.5 Å².